The van der Waals surface area contributed by atoms with Crippen molar-refractivity contribution in [3.8, 4) is 11.5 Å². The van der Waals surface area contributed by atoms with Crippen molar-refractivity contribution in [1.82, 2.24) is 5.01 Å². The maximum absolute atomic E-state index is 14.0. The number of hydrazone groups is 1. The normalized spacial score (nSPS) is 19.6. The van der Waals surface area contributed by atoms with Crippen LogP contribution in [0, 0.1) is 5.82 Å². The Labute approximate surface area is 190 Å². The lowest BCUT2D eigenvalue weighted by Crippen LogP contribution is -2.34. The van der Waals surface area contributed by atoms with Crippen LogP contribution in [0.25, 0.3) is 0 Å². The Morgan fingerprint density at radius 1 is 1.10 bits per heavy atom. The van der Waals surface area contributed by atoms with Gasteiger partial charge in [-0.05, 0) is 70.0 Å². The molecule has 0 saturated heterocycles. The molecule has 7 heteroatoms. The van der Waals surface area contributed by atoms with Gasteiger partial charge in [0, 0.05) is 22.0 Å². The number of hydrogen-bond acceptors (Lipinski definition) is 4. The van der Waals surface area contributed by atoms with E-state index < -0.39 is 6.23 Å². The van der Waals surface area contributed by atoms with Crippen LogP contribution in [0.1, 0.15) is 35.4 Å². The molecule has 0 aliphatic carbocycles. The third-order valence-corrected chi connectivity index (χ3v) is 6.41. The molecule has 0 amide bonds. The molecule has 0 aromatic heterocycles. The van der Waals surface area contributed by atoms with Gasteiger partial charge in [0.1, 0.15) is 17.3 Å². The van der Waals surface area contributed by atoms with Crippen LogP contribution in [0.3, 0.4) is 0 Å². The third-order valence-electron chi connectivity index (χ3n) is 5.37. The SMILES string of the molecule is COc1ccc(C2=NN3C(C2)c2cc(Br)cc(Br)c2OC3c2cccc(F)c2)cc1. The van der Waals surface area contributed by atoms with Gasteiger partial charge in [-0.3, -0.25) is 0 Å². The summed E-state index contributed by atoms with van der Waals surface area (Å²) in [4.78, 5) is 0. The van der Waals surface area contributed by atoms with Crippen LogP contribution in [-0.2, 0) is 0 Å². The molecule has 2 heterocycles. The predicted molar refractivity (Wildman–Crippen MR) is 120 cm³/mol. The van der Waals surface area contributed by atoms with Crippen LogP contribution in [0.5, 0.6) is 11.5 Å². The minimum absolute atomic E-state index is 0.0204. The molecule has 3 aromatic carbocycles. The van der Waals surface area contributed by atoms with Crippen molar-refractivity contribution >= 4 is 37.6 Å². The third kappa shape index (κ3) is 3.40. The summed E-state index contributed by atoms with van der Waals surface area (Å²) >= 11 is 7.20. The first-order valence-electron chi connectivity index (χ1n) is 9.45. The van der Waals surface area contributed by atoms with E-state index in [0.717, 1.165) is 49.3 Å². The zero-order valence-electron chi connectivity index (χ0n) is 16.0. The number of fused-ring (bicyclic) bond motifs is 3. The van der Waals surface area contributed by atoms with Crippen LogP contribution >= 0.6 is 31.9 Å². The lowest BCUT2D eigenvalue weighted by atomic mass is 9.96. The second-order valence-corrected chi connectivity index (χ2v) is 8.98. The summed E-state index contributed by atoms with van der Waals surface area (Å²) in [5.41, 5.74) is 3.74. The number of rotatable bonds is 3. The summed E-state index contributed by atoms with van der Waals surface area (Å²) in [6.45, 7) is 0. The number of methoxy groups -OCH3 is 1. The van der Waals surface area contributed by atoms with E-state index in [1.807, 2.05) is 41.4 Å². The average molecular weight is 532 g/mol. The molecule has 30 heavy (non-hydrogen) atoms. The number of nitrogens with zero attached hydrogens (tertiary/aromatic N) is 2. The molecule has 2 aliphatic rings. The van der Waals surface area contributed by atoms with Gasteiger partial charge in [0.25, 0.3) is 0 Å². The summed E-state index contributed by atoms with van der Waals surface area (Å²) in [5, 5.41) is 6.85. The predicted octanol–water partition coefficient (Wildman–Crippen LogP) is 6.60. The minimum Gasteiger partial charge on any atom is -0.497 e. The molecule has 0 spiro atoms. The molecule has 5 rings (SSSR count). The van der Waals surface area contributed by atoms with Crippen LogP contribution in [0.2, 0.25) is 0 Å². The van der Waals surface area contributed by atoms with Crippen molar-refractivity contribution < 1.29 is 13.9 Å². The lowest BCUT2D eigenvalue weighted by Gasteiger charge is -2.38. The summed E-state index contributed by atoms with van der Waals surface area (Å²) < 4.78 is 27.4. The van der Waals surface area contributed by atoms with Crippen LogP contribution < -0.4 is 9.47 Å². The van der Waals surface area contributed by atoms with E-state index in [2.05, 4.69) is 37.9 Å². The molecular formula is C23H17Br2FN2O2. The second-order valence-electron chi connectivity index (χ2n) is 7.21. The van der Waals surface area contributed by atoms with Crippen LogP contribution in [0.15, 0.2) is 74.7 Å². The Morgan fingerprint density at radius 3 is 2.63 bits per heavy atom. The highest BCUT2D eigenvalue weighted by Crippen LogP contribution is 2.50. The Kier molecular flexibility index (Phi) is 5.03. The maximum atomic E-state index is 14.0. The molecule has 152 valence electrons. The van der Waals surface area contributed by atoms with Gasteiger partial charge in [0.15, 0.2) is 0 Å². The zero-order valence-corrected chi connectivity index (χ0v) is 19.2. The molecule has 2 atom stereocenters. The number of benzene rings is 3. The second kappa shape index (κ2) is 7.71. The topological polar surface area (TPSA) is 34.1 Å². The molecular weight excluding hydrogens is 515 g/mol. The fourth-order valence-electron chi connectivity index (χ4n) is 3.95. The van der Waals surface area contributed by atoms with Crippen molar-refractivity contribution in [2.75, 3.05) is 7.11 Å². The van der Waals surface area contributed by atoms with Crippen molar-refractivity contribution in [1.29, 1.82) is 0 Å². The zero-order chi connectivity index (χ0) is 20.8. The molecule has 3 aromatic rings. The molecule has 0 fully saturated rings. The summed E-state index contributed by atoms with van der Waals surface area (Å²) in [5.74, 6) is 1.26. The molecule has 0 N–H and O–H groups in total. The Balaban J connectivity index is 1.61. The van der Waals surface area contributed by atoms with Crippen molar-refractivity contribution in [2.45, 2.75) is 18.7 Å². The first kappa shape index (κ1) is 19.6. The quantitative estimate of drug-likeness (QED) is 0.381. The Hall–Kier alpha value is -2.38. The lowest BCUT2D eigenvalue weighted by molar-refractivity contribution is -0.0199. The fourth-order valence-corrected chi connectivity index (χ4v) is 5.30. The minimum atomic E-state index is -0.522. The highest BCUT2D eigenvalue weighted by Gasteiger charge is 2.42. The fraction of sp³-hybridized carbons (Fsp3) is 0.174. The van der Waals surface area contributed by atoms with E-state index in [9.17, 15) is 4.39 Å². The van der Waals surface area contributed by atoms with Gasteiger partial charge in [-0.15, -0.1) is 0 Å². The van der Waals surface area contributed by atoms with Crippen molar-refractivity contribution in [2.24, 2.45) is 5.10 Å². The van der Waals surface area contributed by atoms with Gasteiger partial charge >= 0.3 is 0 Å². The monoisotopic (exact) mass is 530 g/mol. The molecule has 2 unspecified atom stereocenters. The van der Waals surface area contributed by atoms with Crippen LogP contribution in [-0.4, -0.2) is 17.8 Å². The Morgan fingerprint density at radius 2 is 1.90 bits per heavy atom. The first-order valence-corrected chi connectivity index (χ1v) is 11.0. The average Bonchev–Trinajstić information content (AvgIpc) is 3.19. The highest BCUT2D eigenvalue weighted by atomic mass is 79.9. The standard InChI is InChI=1S/C23H17Br2FN2O2/c1-29-17-7-5-13(6-8-17)20-12-21-18-10-15(24)11-19(25)22(18)30-23(28(21)27-20)14-3-2-4-16(26)9-14/h2-11,21,23H,12H2,1H3. The van der Waals surface area contributed by atoms with E-state index >= 15 is 0 Å². The largest absolute Gasteiger partial charge is 0.497 e. The summed E-state index contributed by atoms with van der Waals surface area (Å²) in [6.07, 6.45) is 0.198. The van der Waals surface area contributed by atoms with Gasteiger partial charge in [-0.25, -0.2) is 9.40 Å². The molecule has 0 saturated carbocycles. The maximum Gasteiger partial charge on any atom is 0.214 e. The van der Waals surface area contributed by atoms with Crippen LogP contribution in [0.4, 0.5) is 4.39 Å². The van der Waals surface area contributed by atoms with Gasteiger partial charge in [0.05, 0.1) is 23.3 Å². The summed E-state index contributed by atoms with van der Waals surface area (Å²) in [6, 6.07) is 18.4. The van der Waals surface area contributed by atoms with Gasteiger partial charge < -0.3 is 9.47 Å². The van der Waals surface area contributed by atoms with E-state index in [0.29, 0.717) is 0 Å². The number of hydrogen-bond donors (Lipinski definition) is 0. The first-order chi connectivity index (χ1) is 14.5. The van der Waals surface area contributed by atoms with E-state index in [1.54, 1.807) is 13.2 Å². The molecule has 4 nitrogen and oxygen atoms in total. The smallest absolute Gasteiger partial charge is 0.214 e. The molecule has 0 radical (unpaired) electrons. The number of halogens is 3. The van der Waals surface area contributed by atoms with Gasteiger partial charge in [-0.2, -0.15) is 5.10 Å². The molecule has 2 aliphatic heterocycles. The van der Waals surface area contributed by atoms with Gasteiger partial charge in [-0.1, -0.05) is 28.1 Å². The van der Waals surface area contributed by atoms with Crippen molar-refractivity contribution in [3.63, 3.8) is 0 Å². The summed E-state index contributed by atoms with van der Waals surface area (Å²) in [7, 11) is 1.65. The number of ether oxygens (including phenoxy) is 2. The van der Waals surface area contributed by atoms with E-state index in [1.165, 1.54) is 12.1 Å². The van der Waals surface area contributed by atoms with Gasteiger partial charge in [0.2, 0.25) is 6.23 Å². The van der Waals surface area contributed by atoms with E-state index in [-0.39, 0.29) is 11.9 Å². The Bertz CT molecular complexity index is 1150. The molecule has 0 bridgehead atoms. The van der Waals surface area contributed by atoms with Crippen molar-refractivity contribution in [3.05, 3.63) is 92.1 Å². The van der Waals surface area contributed by atoms with E-state index in [4.69, 9.17) is 14.6 Å². The highest BCUT2D eigenvalue weighted by molar-refractivity contribution is 9.11.